The molecule has 8 heteroatoms. The fraction of sp³-hybridized carbons (Fsp3) is 0.107. The van der Waals surface area contributed by atoms with E-state index in [1.165, 1.54) is 16.4 Å². The van der Waals surface area contributed by atoms with E-state index in [-0.39, 0.29) is 18.0 Å². The van der Waals surface area contributed by atoms with Gasteiger partial charge in [0.25, 0.3) is 0 Å². The van der Waals surface area contributed by atoms with Gasteiger partial charge in [-0.3, -0.25) is 4.79 Å². The molecule has 0 spiro atoms. The number of carbonyl (C=O) groups excluding carboxylic acids is 1. The van der Waals surface area contributed by atoms with Gasteiger partial charge in [0.15, 0.2) is 0 Å². The number of hydrogen-bond donors (Lipinski definition) is 1. The maximum absolute atomic E-state index is 13.4. The normalized spacial score (nSPS) is 11.3. The van der Waals surface area contributed by atoms with Crippen molar-refractivity contribution in [1.82, 2.24) is 4.31 Å². The molecule has 4 aromatic rings. The summed E-state index contributed by atoms with van der Waals surface area (Å²) in [6.07, 6.45) is 0. The van der Waals surface area contributed by atoms with Crippen molar-refractivity contribution in [2.45, 2.75) is 18.4 Å². The lowest BCUT2D eigenvalue weighted by Gasteiger charge is -2.22. The molecule has 1 N–H and O–H groups in total. The van der Waals surface area contributed by atoms with Crippen LogP contribution in [-0.4, -0.2) is 25.2 Å². The first-order chi connectivity index (χ1) is 17.3. The second kappa shape index (κ2) is 11.5. The van der Waals surface area contributed by atoms with Gasteiger partial charge in [0.05, 0.1) is 11.4 Å². The minimum Gasteiger partial charge on any atom is -0.457 e. The fourth-order valence-electron chi connectivity index (χ4n) is 3.47. The van der Waals surface area contributed by atoms with Gasteiger partial charge in [-0.15, -0.1) is 0 Å². The predicted molar refractivity (Wildman–Crippen MR) is 145 cm³/mol. The minimum absolute atomic E-state index is 0.0654. The van der Waals surface area contributed by atoms with Crippen LogP contribution >= 0.6 is 15.9 Å². The summed E-state index contributed by atoms with van der Waals surface area (Å²) in [6.45, 7) is 1.69. The Morgan fingerprint density at radius 2 is 1.44 bits per heavy atom. The number of halogens is 1. The van der Waals surface area contributed by atoms with E-state index in [9.17, 15) is 13.2 Å². The number of nitrogens with one attached hydrogen (secondary N) is 1. The van der Waals surface area contributed by atoms with Crippen LogP contribution in [0.2, 0.25) is 0 Å². The van der Waals surface area contributed by atoms with E-state index >= 15 is 0 Å². The van der Waals surface area contributed by atoms with Crippen molar-refractivity contribution in [1.29, 1.82) is 0 Å². The van der Waals surface area contributed by atoms with E-state index in [4.69, 9.17) is 4.74 Å². The van der Waals surface area contributed by atoms with Gasteiger partial charge in [0.2, 0.25) is 15.9 Å². The third-order valence-corrected chi connectivity index (χ3v) is 7.70. The highest BCUT2D eigenvalue weighted by Crippen LogP contribution is 2.24. The molecule has 0 aromatic heterocycles. The molecule has 0 saturated heterocycles. The lowest BCUT2D eigenvalue weighted by atomic mass is 10.1. The molecule has 0 aliphatic heterocycles. The molecule has 4 aromatic carbocycles. The van der Waals surface area contributed by atoms with Crippen LogP contribution in [0.25, 0.3) is 0 Å². The summed E-state index contributed by atoms with van der Waals surface area (Å²) >= 11 is 3.33. The van der Waals surface area contributed by atoms with Crippen LogP contribution in [0.1, 0.15) is 11.1 Å². The molecule has 0 radical (unpaired) electrons. The van der Waals surface area contributed by atoms with Crippen LogP contribution in [0, 0.1) is 6.92 Å². The highest BCUT2D eigenvalue weighted by atomic mass is 79.9. The number of carbonyl (C=O) groups is 1. The molecule has 6 nitrogen and oxygen atoms in total. The molecule has 0 saturated carbocycles. The molecule has 0 aliphatic rings. The zero-order chi connectivity index (χ0) is 25.5. The predicted octanol–water partition coefficient (Wildman–Crippen LogP) is 6.38. The number of amides is 1. The Bertz CT molecular complexity index is 1410. The van der Waals surface area contributed by atoms with Crippen LogP contribution in [-0.2, 0) is 21.4 Å². The Labute approximate surface area is 219 Å². The highest BCUT2D eigenvalue weighted by Gasteiger charge is 2.27. The van der Waals surface area contributed by atoms with Gasteiger partial charge in [0, 0.05) is 16.7 Å². The maximum atomic E-state index is 13.4. The lowest BCUT2D eigenvalue weighted by molar-refractivity contribution is -0.116. The monoisotopic (exact) mass is 564 g/mol. The number of para-hydroxylation sites is 1. The Kier molecular flexibility index (Phi) is 8.20. The molecule has 0 bridgehead atoms. The molecule has 0 unspecified atom stereocenters. The van der Waals surface area contributed by atoms with E-state index in [1.54, 1.807) is 36.4 Å². The number of aryl methyl sites for hydroxylation is 1. The molecule has 0 fully saturated rings. The first-order valence-electron chi connectivity index (χ1n) is 11.2. The number of sulfonamides is 1. The van der Waals surface area contributed by atoms with Gasteiger partial charge in [-0.05, 0) is 73.2 Å². The smallest absolute Gasteiger partial charge is 0.243 e. The van der Waals surface area contributed by atoms with Crippen LogP contribution < -0.4 is 10.1 Å². The molecule has 4 rings (SSSR count). The van der Waals surface area contributed by atoms with Crippen molar-refractivity contribution < 1.29 is 17.9 Å². The quantitative estimate of drug-likeness (QED) is 0.256. The molecule has 184 valence electrons. The van der Waals surface area contributed by atoms with Crippen molar-refractivity contribution >= 4 is 37.5 Å². The topological polar surface area (TPSA) is 75.7 Å². The van der Waals surface area contributed by atoms with Gasteiger partial charge < -0.3 is 10.1 Å². The summed E-state index contributed by atoms with van der Waals surface area (Å²) in [6, 6.07) is 30.2. The molecular weight excluding hydrogens is 540 g/mol. The van der Waals surface area contributed by atoms with Crippen molar-refractivity contribution in [3.05, 3.63) is 119 Å². The summed E-state index contributed by atoms with van der Waals surface area (Å²) in [7, 11) is -3.92. The molecular formula is C28H25BrN2O4S. The first-order valence-corrected chi connectivity index (χ1v) is 13.5. The summed E-state index contributed by atoms with van der Waals surface area (Å²) in [5, 5.41) is 2.78. The second-order valence-electron chi connectivity index (χ2n) is 8.20. The number of anilines is 1. The number of rotatable bonds is 9. The summed E-state index contributed by atoms with van der Waals surface area (Å²) in [5.41, 5.74) is 2.40. The van der Waals surface area contributed by atoms with E-state index in [0.29, 0.717) is 17.2 Å². The summed E-state index contributed by atoms with van der Waals surface area (Å²) in [4.78, 5) is 13.0. The van der Waals surface area contributed by atoms with Gasteiger partial charge in [0.1, 0.15) is 11.5 Å². The highest BCUT2D eigenvalue weighted by molar-refractivity contribution is 9.10. The van der Waals surface area contributed by atoms with Crippen molar-refractivity contribution in [3.63, 3.8) is 0 Å². The Morgan fingerprint density at radius 1 is 0.833 bits per heavy atom. The van der Waals surface area contributed by atoms with E-state index in [1.807, 2.05) is 61.5 Å². The third kappa shape index (κ3) is 6.81. The van der Waals surface area contributed by atoms with Crippen molar-refractivity contribution in [3.8, 4) is 11.5 Å². The van der Waals surface area contributed by atoms with Crippen LogP contribution in [0.3, 0.4) is 0 Å². The van der Waals surface area contributed by atoms with Crippen LogP contribution in [0.4, 0.5) is 5.69 Å². The number of hydrogen-bond acceptors (Lipinski definition) is 4. The van der Waals surface area contributed by atoms with Gasteiger partial charge >= 0.3 is 0 Å². The second-order valence-corrected chi connectivity index (χ2v) is 11.1. The standard InChI is InChI=1S/C28H25BrN2O4S/c1-21-7-9-22(10-8-21)19-31(36(33,34)27-17-11-23(29)12-18-27)20-28(32)30-24-13-15-26(16-14-24)35-25-5-3-2-4-6-25/h2-18H,19-20H2,1H3,(H,30,32). The summed E-state index contributed by atoms with van der Waals surface area (Å²) < 4.78 is 34.6. The zero-order valence-electron chi connectivity index (χ0n) is 19.6. The number of nitrogens with zero attached hydrogens (tertiary/aromatic N) is 1. The van der Waals surface area contributed by atoms with E-state index in [2.05, 4.69) is 21.2 Å². The number of benzene rings is 4. The SMILES string of the molecule is Cc1ccc(CN(CC(=O)Nc2ccc(Oc3ccccc3)cc2)S(=O)(=O)c2ccc(Br)cc2)cc1. The third-order valence-electron chi connectivity index (χ3n) is 5.37. The van der Waals surface area contributed by atoms with Crippen LogP contribution in [0.5, 0.6) is 11.5 Å². The summed E-state index contributed by atoms with van der Waals surface area (Å²) in [5.74, 6) is 0.886. The van der Waals surface area contributed by atoms with E-state index < -0.39 is 15.9 Å². The number of ether oxygens (including phenoxy) is 1. The zero-order valence-corrected chi connectivity index (χ0v) is 22.0. The van der Waals surface area contributed by atoms with Gasteiger partial charge in [-0.25, -0.2) is 8.42 Å². The van der Waals surface area contributed by atoms with E-state index in [0.717, 1.165) is 15.6 Å². The van der Waals surface area contributed by atoms with Crippen molar-refractivity contribution in [2.75, 3.05) is 11.9 Å². The largest absolute Gasteiger partial charge is 0.457 e. The maximum Gasteiger partial charge on any atom is 0.243 e. The van der Waals surface area contributed by atoms with Gasteiger partial charge in [-0.2, -0.15) is 4.31 Å². The molecule has 0 atom stereocenters. The fourth-order valence-corrected chi connectivity index (χ4v) is 5.12. The Hall–Kier alpha value is -3.46. The average Bonchev–Trinajstić information content (AvgIpc) is 2.87. The Balaban J connectivity index is 1.49. The average molecular weight is 565 g/mol. The Morgan fingerprint density at radius 3 is 2.08 bits per heavy atom. The van der Waals surface area contributed by atoms with Crippen molar-refractivity contribution in [2.24, 2.45) is 0 Å². The lowest BCUT2D eigenvalue weighted by Crippen LogP contribution is -2.37. The molecule has 0 heterocycles. The molecule has 0 aliphatic carbocycles. The molecule has 36 heavy (non-hydrogen) atoms. The minimum atomic E-state index is -3.92. The first kappa shape index (κ1) is 25.6. The van der Waals surface area contributed by atoms with Crippen LogP contribution in [0.15, 0.2) is 112 Å². The molecule has 1 amide bonds. The van der Waals surface area contributed by atoms with Gasteiger partial charge in [-0.1, -0.05) is 64.0 Å².